The third kappa shape index (κ3) is 2.35. The van der Waals surface area contributed by atoms with Crippen molar-refractivity contribution in [2.75, 3.05) is 5.73 Å². The van der Waals surface area contributed by atoms with E-state index in [9.17, 15) is 4.79 Å². The van der Waals surface area contributed by atoms with E-state index in [1.54, 1.807) is 6.07 Å². The first-order valence-electron chi connectivity index (χ1n) is 6.82. The van der Waals surface area contributed by atoms with Gasteiger partial charge < -0.3 is 11.1 Å². The summed E-state index contributed by atoms with van der Waals surface area (Å²) < 4.78 is 0. The molecule has 0 aromatic heterocycles. The fourth-order valence-corrected chi connectivity index (χ4v) is 2.55. The highest BCUT2D eigenvalue weighted by atomic mass is 16.1. The highest BCUT2D eigenvalue weighted by Gasteiger charge is 2.42. The second-order valence-electron chi connectivity index (χ2n) is 5.75. The number of nitrogens with two attached hydrogens (primary N) is 1. The first-order valence-corrected chi connectivity index (χ1v) is 6.82. The molecule has 2 saturated carbocycles. The summed E-state index contributed by atoms with van der Waals surface area (Å²) in [6, 6.07) is 5.95. The van der Waals surface area contributed by atoms with Crippen molar-refractivity contribution in [3.8, 4) is 0 Å². The minimum atomic E-state index is 0.0329. The molecule has 0 spiro atoms. The molecule has 0 saturated heterocycles. The molecule has 1 aromatic rings. The van der Waals surface area contributed by atoms with Crippen LogP contribution in [0.3, 0.4) is 0 Å². The van der Waals surface area contributed by atoms with Crippen LogP contribution in [0, 0.1) is 18.8 Å². The predicted molar refractivity (Wildman–Crippen MR) is 72.3 cm³/mol. The van der Waals surface area contributed by atoms with Crippen molar-refractivity contribution in [3.05, 3.63) is 29.3 Å². The lowest BCUT2D eigenvalue weighted by Gasteiger charge is -2.18. The first-order chi connectivity index (χ1) is 8.65. The summed E-state index contributed by atoms with van der Waals surface area (Å²) >= 11 is 0. The van der Waals surface area contributed by atoms with Gasteiger partial charge >= 0.3 is 0 Å². The fourth-order valence-electron chi connectivity index (χ4n) is 2.55. The van der Waals surface area contributed by atoms with Crippen LogP contribution in [-0.2, 0) is 0 Å². The second-order valence-corrected chi connectivity index (χ2v) is 5.75. The highest BCUT2D eigenvalue weighted by molar-refractivity contribution is 5.95. The van der Waals surface area contributed by atoms with Crippen molar-refractivity contribution in [3.63, 3.8) is 0 Å². The number of aryl methyl sites for hydroxylation is 1. The van der Waals surface area contributed by atoms with Gasteiger partial charge in [0.05, 0.1) is 0 Å². The summed E-state index contributed by atoms with van der Waals surface area (Å²) in [5, 5.41) is 3.21. The third-order valence-electron chi connectivity index (χ3n) is 4.10. The Morgan fingerprint density at radius 3 is 2.39 bits per heavy atom. The molecule has 0 atom stereocenters. The third-order valence-corrected chi connectivity index (χ3v) is 4.10. The monoisotopic (exact) mass is 244 g/mol. The molecular weight excluding hydrogens is 224 g/mol. The predicted octanol–water partition coefficient (Wildman–Crippen LogP) is 2.50. The summed E-state index contributed by atoms with van der Waals surface area (Å²) in [6.45, 7) is 1.95. The van der Waals surface area contributed by atoms with Gasteiger partial charge in [-0.3, -0.25) is 4.79 Å². The number of nitrogens with one attached hydrogen (secondary N) is 1. The molecular formula is C15H20N2O. The Labute approximate surface area is 108 Å². The molecule has 3 heteroatoms. The van der Waals surface area contributed by atoms with Gasteiger partial charge in [0.2, 0.25) is 0 Å². The van der Waals surface area contributed by atoms with Crippen LogP contribution in [0.1, 0.15) is 41.6 Å². The zero-order valence-corrected chi connectivity index (χ0v) is 10.8. The van der Waals surface area contributed by atoms with Crippen molar-refractivity contribution in [2.45, 2.75) is 38.6 Å². The minimum Gasteiger partial charge on any atom is -0.398 e. The van der Waals surface area contributed by atoms with Crippen molar-refractivity contribution in [1.29, 1.82) is 0 Å². The Kier molecular flexibility index (Phi) is 2.77. The van der Waals surface area contributed by atoms with Gasteiger partial charge in [0.25, 0.3) is 5.91 Å². The van der Waals surface area contributed by atoms with Gasteiger partial charge in [-0.1, -0.05) is 6.07 Å². The number of hydrogen-bond acceptors (Lipinski definition) is 2. The minimum absolute atomic E-state index is 0.0329. The molecule has 18 heavy (non-hydrogen) atoms. The maximum Gasteiger partial charge on any atom is 0.251 e. The molecule has 0 bridgehead atoms. The summed E-state index contributed by atoms with van der Waals surface area (Å²) in [4.78, 5) is 12.2. The number of hydrogen-bond donors (Lipinski definition) is 2. The maximum absolute atomic E-state index is 12.2. The summed E-state index contributed by atoms with van der Waals surface area (Å²) in [5.41, 5.74) is 8.25. The normalized spacial score (nSPS) is 19.0. The van der Waals surface area contributed by atoms with Gasteiger partial charge in [-0.15, -0.1) is 0 Å². The van der Waals surface area contributed by atoms with Crippen LogP contribution in [0.15, 0.2) is 18.2 Å². The van der Waals surface area contributed by atoms with Gasteiger partial charge in [-0.25, -0.2) is 0 Å². The Morgan fingerprint density at radius 1 is 1.28 bits per heavy atom. The molecule has 1 amide bonds. The topological polar surface area (TPSA) is 55.1 Å². The van der Waals surface area contributed by atoms with Crippen LogP contribution >= 0.6 is 0 Å². The van der Waals surface area contributed by atoms with Crippen LogP contribution in [0.5, 0.6) is 0 Å². The van der Waals surface area contributed by atoms with Crippen LogP contribution in [0.2, 0.25) is 0 Å². The van der Waals surface area contributed by atoms with E-state index in [0.717, 1.165) is 17.4 Å². The summed E-state index contributed by atoms with van der Waals surface area (Å²) in [6.07, 6.45) is 5.10. The number of carbonyl (C=O) groups excluding carboxylic acids is 1. The van der Waals surface area contributed by atoms with E-state index in [0.29, 0.717) is 17.3 Å². The maximum atomic E-state index is 12.2. The van der Waals surface area contributed by atoms with Gasteiger partial charge in [0.15, 0.2) is 0 Å². The van der Waals surface area contributed by atoms with Crippen molar-refractivity contribution in [1.82, 2.24) is 5.32 Å². The highest BCUT2D eigenvalue weighted by Crippen LogP contribution is 2.44. The lowest BCUT2D eigenvalue weighted by atomic mass is 10.1. The van der Waals surface area contributed by atoms with Crippen LogP contribution in [0.25, 0.3) is 0 Å². The molecule has 2 aliphatic carbocycles. The van der Waals surface area contributed by atoms with Gasteiger partial charge in [-0.05, 0) is 62.1 Å². The van der Waals surface area contributed by atoms with E-state index in [2.05, 4.69) is 5.32 Å². The number of amides is 1. The fraction of sp³-hybridized carbons (Fsp3) is 0.533. The van der Waals surface area contributed by atoms with Gasteiger partial charge in [0.1, 0.15) is 0 Å². The zero-order chi connectivity index (χ0) is 12.7. The Hall–Kier alpha value is -1.51. The van der Waals surface area contributed by atoms with Crippen molar-refractivity contribution < 1.29 is 4.79 Å². The van der Waals surface area contributed by atoms with Crippen LogP contribution in [0.4, 0.5) is 5.69 Å². The summed E-state index contributed by atoms with van der Waals surface area (Å²) in [7, 11) is 0. The average molecular weight is 244 g/mol. The number of carbonyl (C=O) groups is 1. The van der Waals surface area contributed by atoms with E-state index in [1.165, 1.54) is 25.7 Å². The molecule has 3 nitrogen and oxygen atoms in total. The molecule has 2 aliphatic rings. The van der Waals surface area contributed by atoms with E-state index >= 15 is 0 Å². The molecule has 1 aromatic carbocycles. The number of nitrogen functional groups attached to an aromatic ring is 1. The number of rotatable bonds is 4. The van der Waals surface area contributed by atoms with Gasteiger partial charge in [0, 0.05) is 17.3 Å². The van der Waals surface area contributed by atoms with Crippen molar-refractivity contribution >= 4 is 11.6 Å². The van der Waals surface area contributed by atoms with E-state index in [1.807, 2.05) is 19.1 Å². The second kappa shape index (κ2) is 4.30. The average Bonchev–Trinajstić information content (AvgIpc) is 3.22. The number of benzene rings is 1. The van der Waals surface area contributed by atoms with E-state index in [-0.39, 0.29) is 5.91 Å². The molecule has 0 aliphatic heterocycles. The standard InChI is InChI=1S/C15H20N2O/c1-9-2-3-12(8-13(9)16)15(18)17-14(10-4-5-10)11-6-7-11/h2-3,8,10-11,14H,4-7,16H2,1H3,(H,17,18). The molecule has 3 N–H and O–H groups in total. The molecule has 2 fully saturated rings. The molecule has 96 valence electrons. The molecule has 0 heterocycles. The van der Waals surface area contributed by atoms with Crippen LogP contribution in [-0.4, -0.2) is 11.9 Å². The van der Waals surface area contributed by atoms with E-state index < -0.39 is 0 Å². The number of anilines is 1. The zero-order valence-electron chi connectivity index (χ0n) is 10.8. The largest absolute Gasteiger partial charge is 0.398 e. The lowest BCUT2D eigenvalue weighted by molar-refractivity contribution is 0.0926. The molecule has 3 rings (SSSR count). The SMILES string of the molecule is Cc1ccc(C(=O)NC(C2CC2)C2CC2)cc1N. The van der Waals surface area contributed by atoms with Crippen LogP contribution < -0.4 is 11.1 Å². The smallest absolute Gasteiger partial charge is 0.251 e. The Balaban J connectivity index is 1.71. The molecule has 0 unspecified atom stereocenters. The Bertz CT molecular complexity index is 463. The Morgan fingerprint density at radius 2 is 1.89 bits per heavy atom. The quantitative estimate of drug-likeness (QED) is 0.799. The molecule has 0 radical (unpaired) electrons. The summed E-state index contributed by atoms with van der Waals surface area (Å²) in [5.74, 6) is 1.49. The first kappa shape index (κ1) is 11.6. The van der Waals surface area contributed by atoms with E-state index in [4.69, 9.17) is 5.73 Å². The van der Waals surface area contributed by atoms with Crippen molar-refractivity contribution in [2.24, 2.45) is 11.8 Å². The lowest BCUT2D eigenvalue weighted by Crippen LogP contribution is -2.38. The van der Waals surface area contributed by atoms with Gasteiger partial charge in [-0.2, -0.15) is 0 Å².